The predicted molar refractivity (Wildman–Crippen MR) is 73.6 cm³/mol. The molecular weight excluding hydrogens is 250 g/mol. The first-order valence-corrected chi connectivity index (χ1v) is 6.21. The molecule has 1 N–H and O–H groups in total. The number of hydrogen-bond donors (Lipinski definition) is 1. The Kier molecular flexibility index (Phi) is 6.47. The van der Waals surface area contributed by atoms with Gasteiger partial charge < -0.3 is 10.1 Å². The van der Waals surface area contributed by atoms with Crippen molar-refractivity contribution < 1.29 is 9.53 Å². The number of amides is 1. The quantitative estimate of drug-likeness (QED) is 0.771. The first kappa shape index (κ1) is 14.7. The lowest BCUT2D eigenvalue weighted by Crippen LogP contribution is -2.28. The van der Waals surface area contributed by atoms with Crippen LogP contribution >= 0.6 is 11.6 Å². The molecule has 1 atom stereocenters. The zero-order valence-corrected chi connectivity index (χ0v) is 11.2. The van der Waals surface area contributed by atoms with Gasteiger partial charge in [-0.25, -0.2) is 0 Å². The van der Waals surface area contributed by atoms with Crippen molar-refractivity contribution in [1.82, 2.24) is 5.32 Å². The number of carbonyl (C=O) groups excluding carboxylic acids is 1. The van der Waals surface area contributed by atoms with Crippen LogP contribution in [0.25, 0.3) is 0 Å². The van der Waals surface area contributed by atoms with Gasteiger partial charge in [0.2, 0.25) is 5.91 Å². The Labute approximate surface area is 113 Å². The maximum Gasteiger partial charge on any atom is 0.220 e. The Balaban J connectivity index is 2.55. The molecule has 1 aromatic carbocycles. The van der Waals surface area contributed by atoms with Crippen LogP contribution in [0.5, 0.6) is 0 Å². The smallest absolute Gasteiger partial charge is 0.220 e. The first-order valence-electron chi connectivity index (χ1n) is 5.83. The predicted octanol–water partition coefficient (Wildman–Crippen LogP) is 3.11. The topological polar surface area (TPSA) is 38.3 Å². The lowest BCUT2D eigenvalue weighted by molar-refractivity contribution is -0.121. The second kappa shape index (κ2) is 7.90. The molecule has 0 unspecified atom stereocenters. The van der Waals surface area contributed by atoms with Crippen molar-refractivity contribution in [2.24, 2.45) is 0 Å². The van der Waals surface area contributed by atoms with E-state index >= 15 is 0 Å². The first-order chi connectivity index (χ1) is 8.69. The van der Waals surface area contributed by atoms with Gasteiger partial charge in [0.25, 0.3) is 0 Å². The zero-order chi connectivity index (χ0) is 13.4. The van der Waals surface area contributed by atoms with Gasteiger partial charge in [0.05, 0.1) is 0 Å². The normalized spacial score (nSPS) is 11.9. The van der Waals surface area contributed by atoms with Gasteiger partial charge >= 0.3 is 0 Å². The maximum absolute atomic E-state index is 11.5. The van der Waals surface area contributed by atoms with Crippen molar-refractivity contribution in [2.75, 3.05) is 13.7 Å². The summed E-state index contributed by atoms with van der Waals surface area (Å²) in [6.45, 7) is 3.99. The summed E-state index contributed by atoms with van der Waals surface area (Å²) >= 11 is 6.09. The Hall–Kier alpha value is -1.32. The van der Waals surface area contributed by atoms with Gasteiger partial charge in [-0.1, -0.05) is 35.9 Å². The van der Waals surface area contributed by atoms with Crippen molar-refractivity contribution in [3.05, 3.63) is 47.5 Å². The number of ether oxygens (including phenoxy) is 1. The van der Waals surface area contributed by atoms with Crippen molar-refractivity contribution in [1.29, 1.82) is 0 Å². The summed E-state index contributed by atoms with van der Waals surface area (Å²) in [6.07, 6.45) is 2.62. The second-order valence-corrected chi connectivity index (χ2v) is 4.28. The maximum atomic E-state index is 11.5. The summed E-state index contributed by atoms with van der Waals surface area (Å²) in [6, 6.07) is 7.46. The third kappa shape index (κ3) is 4.51. The standard InChI is InChI=1S/C14H18ClNO2/c1-3-4-9-14(17)16-10-13(18-2)11-7-5-6-8-12(11)15/h3,5-8,13H,1,4,9-10H2,2H3,(H,16,17)/t13-/m1/s1. The highest BCUT2D eigenvalue weighted by Gasteiger charge is 2.14. The molecule has 0 radical (unpaired) electrons. The molecule has 0 bridgehead atoms. The summed E-state index contributed by atoms with van der Waals surface area (Å²) in [4.78, 5) is 11.5. The van der Waals surface area contributed by atoms with Gasteiger partial charge in [-0.15, -0.1) is 6.58 Å². The van der Waals surface area contributed by atoms with Crippen LogP contribution < -0.4 is 5.32 Å². The fourth-order valence-corrected chi connectivity index (χ4v) is 1.84. The lowest BCUT2D eigenvalue weighted by atomic mass is 10.1. The van der Waals surface area contributed by atoms with E-state index in [1.807, 2.05) is 24.3 Å². The van der Waals surface area contributed by atoms with E-state index in [4.69, 9.17) is 16.3 Å². The molecule has 0 spiro atoms. The summed E-state index contributed by atoms with van der Waals surface area (Å²) in [5.74, 6) is -0.0102. The van der Waals surface area contributed by atoms with Crippen molar-refractivity contribution in [2.45, 2.75) is 18.9 Å². The molecule has 1 amide bonds. The number of benzene rings is 1. The van der Waals surface area contributed by atoms with Crippen LogP contribution in [-0.2, 0) is 9.53 Å². The number of hydrogen-bond acceptors (Lipinski definition) is 2. The third-order valence-corrected chi connectivity index (χ3v) is 2.94. The van der Waals surface area contributed by atoms with Crippen molar-refractivity contribution in [3.63, 3.8) is 0 Å². The molecule has 0 heterocycles. The van der Waals surface area contributed by atoms with Crippen molar-refractivity contribution in [3.8, 4) is 0 Å². The molecule has 3 nitrogen and oxygen atoms in total. The second-order valence-electron chi connectivity index (χ2n) is 3.88. The third-order valence-electron chi connectivity index (χ3n) is 2.60. The SMILES string of the molecule is C=CCCC(=O)NC[C@@H](OC)c1ccccc1Cl. The van der Waals surface area contributed by atoms with Crippen LogP contribution in [-0.4, -0.2) is 19.6 Å². The highest BCUT2D eigenvalue weighted by atomic mass is 35.5. The average molecular weight is 268 g/mol. The summed E-state index contributed by atoms with van der Waals surface area (Å²) < 4.78 is 5.35. The van der Waals surface area contributed by atoms with Gasteiger partial charge in [0.1, 0.15) is 6.10 Å². The van der Waals surface area contributed by atoms with E-state index in [-0.39, 0.29) is 12.0 Å². The van der Waals surface area contributed by atoms with Gasteiger partial charge in [-0.2, -0.15) is 0 Å². The monoisotopic (exact) mass is 267 g/mol. The van der Waals surface area contributed by atoms with Crippen LogP contribution in [0.4, 0.5) is 0 Å². The van der Waals surface area contributed by atoms with Crippen LogP contribution in [0, 0.1) is 0 Å². The summed E-state index contributed by atoms with van der Waals surface area (Å²) in [5.41, 5.74) is 0.880. The fourth-order valence-electron chi connectivity index (χ4n) is 1.58. The van der Waals surface area contributed by atoms with E-state index in [9.17, 15) is 4.79 Å². The molecule has 1 aromatic rings. The average Bonchev–Trinajstić information content (AvgIpc) is 2.39. The Morgan fingerprint density at radius 3 is 2.89 bits per heavy atom. The minimum atomic E-state index is -0.230. The molecule has 0 aromatic heterocycles. The molecule has 0 saturated carbocycles. The van der Waals surface area contributed by atoms with Crippen LogP contribution in [0.2, 0.25) is 5.02 Å². The molecule has 98 valence electrons. The minimum Gasteiger partial charge on any atom is -0.375 e. The fraction of sp³-hybridized carbons (Fsp3) is 0.357. The van der Waals surface area contributed by atoms with Gasteiger partial charge in [-0.3, -0.25) is 4.79 Å². The molecule has 0 aliphatic heterocycles. The number of allylic oxidation sites excluding steroid dienone is 1. The molecule has 18 heavy (non-hydrogen) atoms. The van der Waals surface area contributed by atoms with Crippen LogP contribution in [0.3, 0.4) is 0 Å². The van der Waals surface area contributed by atoms with Gasteiger partial charge in [0.15, 0.2) is 0 Å². The van der Waals surface area contributed by atoms with E-state index in [2.05, 4.69) is 11.9 Å². The van der Waals surface area contributed by atoms with Gasteiger partial charge in [0, 0.05) is 30.7 Å². The van der Waals surface area contributed by atoms with Crippen LogP contribution in [0.1, 0.15) is 24.5 Å². The molecule has 0 aliphatic rings. The number of carbonyl (C=O) groups is 1. The summed E-state index contributed by atoms with van der Waals surface area (Å²) in [5, 5.41) is 3.47. The number of nitrogens with one attached hydrogen (secondary N) is 1. The highest BCUT2D eigenvalue weighted by Crippen LogP contribution is 2.24. The number of rotatable bonds is 7. The van der Waals surface area contributed by atoms with E-state index in [0.717, 1.165) is 5.56 Å². The Morgan fingerprint density at radius 2 is 2.28 bits per heavy atom. The molecular formula is C14H18ClNO2. The number of halogens is 1. The highest BCUT2D eigenvalue weighted by molar-refractivity contribution is 6.31. The zero-order valence-electron chi connectivity index (χ0n) is 10.5. The van der Waals surface area contributed by atoms with E-state index < -0.39 is 0 Å². The molecule has 4 heteroatoms. The molecule has 1 rings (SSSR count). The summed E-state index contributed by atoms with van der Waals surface area (Å²) in [7, 11) is 1.60. The van der Waals surface area contributed by atoms with E-state index in [1.165, 1.54) is 0 Å². The molecule has 0 saturated heterocycles. The number of methoxy groups -OCH3 is 1. The Bertz CT molecular complexity index is 407. The van der Waals surface area contributed by atoms with Crippen LogP contribution in [0.15, 0.2) is 36.9 Å². The molecule has 0 fully saturated rings. The lowest BCUT2D eigenvalue weighted by Gasteiger charge is -2.17. The van der Waals surface area contributed by atoms with Gasteiger partial charge in [-0.05, 0) is 12.5 Å². The molecule has 0 aliphatic carbocycles. The van der Waals surface area contributed by atoms with Crippen molar-refractivity contribution >= 4 is 17.5 Å². The largest absolute Gasteiger partial charge is 0.375 e. The minimum absolute atomic E-state index is 0.0102. The van der Waals surface area contributed by atoms with E-state index in [0.29, 0.717) is 24.4 Å². The Morgan fingerprint density at radius 1 is 1.56 bits per heavy atom. The van der Waals surface area contributed by atoms with E-state index in [1.54, 1.807) is 13.2 Å².